The van der Waals surface area contributed by atoms with Gasteiger partial charge in [0.2, 0.25) is 0 Å². The van der Waals surface area contributed by atoms with E-state index in [1.165, 1.54) is 0 Å². The summed E-state index contributed by atoms with van der Waals surface area (Å²) in [6.45, 7) is 0. The minimum atomic E-state index is -0.683. The molecule has 0 spiro atoms. The van der Waals surface area contributed by atoms with Crippen molar-refractivity contribution < 1.29 is 14.3 Å². The van der Waals surface area contributed by atoms with E-state index in [-0.39, 0.29) is 0 Å². The predicted octanol–water partition coefficient (Wildman–Crippen LogP) is -0.0616. The van der Waals surface area contributed by atoms with E-state index in [0.29, 0.717) is 0 Å². The molecule has 0 aliphatic carbocycles. The summed E-state index contributed by atoms with van der Waals surface area (Å²) < 4.78 is 7.62. The van der Waals surface area contributed by atoms with Crippen LogP contribution in [0.5, 0.6) is 5.95 Å². The van der Waals surface area contributed by atoms with E-state index in [4.69, 9.17) is 5.11 Å². The molecule has 0 amide bonds. The van der Waals surface area contributed by atoms with Crippen LogP contribution in [-0.4, -0.2) is 5.11 Å². The van der Waals surface area contributed by atoms with Gasteiger partial charge in [0, 0.05) is 0 Å². The molecule has 0 atom stereocenters. The summed E-state index contributed by atoms with van der Waals surface area (Å²) in [7, 11) is 0. The van der Waals surface area contributed by atoms with E-state index < -0.39 is 11.6 Å². The molecule has 38 valence electrons. The molecule has 0 fully saturated rings. The topological polar surface area (TPSA) is 63.6 Å². The average Bonchev–Trinajstić information content (AvgIpc) is 1.87. The average molecular weight is 102 g/mol. The zero-order valence-electron chi connectivity index (χ0n) is 3.25. The molecule has 0 radical (unpaired) electrons. The molecule has 0 bridgehead atoms. The van der Waals surface area contributed by atoms with E-state index in [1.807, 2.05) is 0 Å². The first kappa shape index (κ1) is 3.98. The molecule has 1 rings (SSSR count). The zero-order valence-corrected chi connectivity index (χ0v) is 3.25. The molecule has 1 aromatic heterocycles. The zero-order chi connectivity index (χ0) is 5.28. The van der Waals surface area contributed by atoms with Gasteiger partial charge in [0.25, 0.3) is 0 Å². The highest BCUT2D eigenvalue weighted by Crippen LogP contribution is 1.99. The highest BCUT2D eigenvalue weighted by Gasteiger charge is 1.92. The van der Waals surface area contributed by atoms with Gasteiger partial charge in [-0.3, -0.25) is 0 Å². The molecule has 0 aromatic carbocycles. The quantitative estimate of drug-likeness (QED) is 0.466. The maximum atomic E-state index is 9.87. The van der Waals surface area contributed by atoms with Gasteiger partial charge in [-0.2, -0.15) is 0 Å². The van der Waals surface area contributed by atoms with Crippen LogP contribution >= 0.6 is 0 Å². The molecule has 4 heteroatoms. The molecular formula is C3H2O4. The van der Waals surface area contributed by atoms with Crippen molar-refractivity contribution >= 4 is 0 Å². The molecule has 0 unspecified atom stereocenters. The normalized spacial score (nSPS) is 9.14. The Morgan fingerprint density at radius 1 is 1.57 bits per heavy atom. The highest BCUT2D eigenvalue weighted by molar-refractivity contribution is 4.93. The Morgan fingerprint density at radius 2 is 2.29 bits per heavy atom. The monoisotopic (exact) mass is 102 g/mol. The predicted molar refractivity (Wildman–Crippen MR) is 18.9 cm³/mol. The van der Waals surface area contributed by atoms with Crippen molar-refractivity contribution in [3.8, 4) is 5.95 Å². The third-order valence-corrected chi connectivity index (χ3v) is 0.451. The lowest BCUT2D eigenvalue weighted by Gasteiger charge is -1.64. The third-order valence-electron chi connectivity index (χ3n) is 0.451. The van der Waals surface area contributed by atoms with Gasteiger partial charge in [-0.15, -0.1) is 0 Å². The molecule has 0 aliphatic heterocycles. The molecule has 0 saturated carbocycles. The van der Waals surface area contributed by atoms with E-state index in [1.54, 1.807) is 0 Å². The minimum Gasteiger partial charge on any atom is -0.478 e. The first-order chi connectivity index (χ1) is 3.29. The van der Waals surface area contributed by atoms with Gasteiger partial charge in [-0.25, -0.2) is 13.9 Å². The smallest absolute Gasteiger partial charge is 0.386 e. The van der Waals surface area contributed by atoms with E-state index in [9.17, 15) is 4.79 Å². The van der Waals surface area contributed by atoms with Crippen molar-refractivity contribution in [3.05, 3.63) is 16.5 Å². The van der Waals surface area contributed by atoms with Gasteiger partial charge in [0.1, 0.15) is 6.07 Å². The first-order valence-corrected chi connectivity index (χ1v) is 1.58. The van der Waals surface area contributed by atoms with Crippen LogP contribution in [0, 0.1) is 0 Å². The largest absolute Gasteiger partial charge is 0.478 e. The summed E-state index contributed by atoms with van der Waals surface area (Å²) >= 11 is 0. The summed E-state index contributed by atoms with van der Waals surface area (Å²) in [4.78, 5) is 9.87. The van der Waals surface area contributed by atoms with Crippen LogP contribution in [0.25, 0.3) is 0 Å². The molecule has 0 aliphatic rings. The van der Waals surface area contributed by atoms with Crippen molar-refractivity contribution in [2.24, 2.45) is 0 Å². The van der Waals surface area contributed by atoms with Crippen LogP contribution in [0.2, 0.25) is 0 Å². The molecular weight excluding hydrogens is 100 g/mol. The molecule has 1 N–H and O–H groups in total. The second-order valence-electron chi connectivity index (χ2n) is 0.968. The van der Waals surface area contributed by atoms with Crippen LogP contribution in [0.15, 0.2) is 20.0 Å². The van der Waals surface area contributed by atoms with Gasteiger partial charge in [0.15, 0.2) is 0 Å². The lowest BCUT2D eigenvalue weighted by Crippen LogP contribution is -1.83. The van der Waals surface area contributed by atoms with Crippen molar-refractivity contribution in [2.75, 3.05) is 0 Å². The first-order valence-electron chi connectivity index (χ1n) is 1.58. The number of rotatable bonds is 0. The minimum absolute atomic E-state index is 0.495. The number of hydrogen-bond donors (Lipinski definition) is 1. The fourth-order valence-corrected chi connectivity index (χ4v) is 0.233. The Morgan fingerprint density at radius 3 is 2.43 bits per heavy atom. The van der Waals surface area contributed by atoms with Crippen molar-refractivity contribution in [1.29, 1.82) is 0 Å². The van der Waals surface area contributed by atoms with Gasteiger partial charge >= 0.3 is 11.6 Å². The number of hydrogen-bond acceptors (Lipinski definition) is 4. The van der Waals surface area contributed by atoms with Gasteiger partial charge in [-0.05, 0) is 0 Å². The van der Waals surface area contributed by atoms with Crippen LogP contribution in [-0.2, 0) is 0 Å². The van der Waals surface area contributed by atoms with Crippen LogP contribution < -0.4 is 5.63 Å². The molecule has 7 heavy (non-hydrogen) atoms. The number of aromatic hydroxyl groups is 1. The Kier molecular flexibility index (Phi) is 0.651. The second-order valence-corrected chi connectivity index (χ2v) is 0.968. The van der Waals surface area contributed by atoms with E-state index in [0.717, 1.165) is 6.07 Å². The van der Waals surface area contributed by atoms with Crippen LogP contribution in [0.1, 0.15) is 0 Å². The van der Waals surface area contributed by atoms with Crippen LogP contribution in [0.4, 0.5) is 0 Å². The Hall–Kier alpha value is -1.19. The van der Waals surface area contributed by atoms with Crippen molar-refractivity contribution in [1.82, 2.24) is 0 Å². The van der Waals surface area contributed by atoms with Gasteiger partial charge < -0.3 is 5.11 Å². The fraction of sp³-hybridized carbons (Fsp3) is 0. The molecule has 0 saturated heterocycles. The summed E-state index contributed by atoms with van der Waals surface area (Å²) in [6, 6.07) is 0.833. The SMILES string of the molecule is O=c1cc(O)oo1. The Labute approximate surface area is 37.9 Å². The van der Waals surface area contributed by atoms with Gasteiger partial charge in [-0.1, -0.05) is 0 Å². The Bertz CT molecular complexity index is 195. The van der Waals surface area contributed by atoms with Crippen molar-refractivity contribution in [2.45, 2.75) is 0 Å². The van der Waals surface area contributed by atoms with Gasteiger partial charge in [0.05, 0.1) is 0 Å². The third kappa shape index (κ3) is 0.623. The lowest BCUT2D eigenvalue weighted by atomic mass is 10.7. The maximum absolute atomic E-state index is 9.87. The summed E-state index contributed by atoms with van der Waals surface area (Å²) in [6.07, 6.45) is 0. The fourth-order valence-electron chi connectivity index (χ4n) is 0.233. The summed E-state index contributed by atoms with van der Waals surface area (Å²) in [5, 5.41) is 8.19. The van der Waals surface area contributed by atoms with E-state index in [2.05, 4.69) is 9.15 Å². The summed E-state index contributed by atoms with van der Waals surface area (Å²) in [5.74, 6) is -0.495. The molecule has 1 heterocycles. The van der Waals surface area contributed by atoms with Crippen molar-refractivity contribution in [3.63, 3.8) is 0 Å². The molecule has 1 aromatic rings. The lowest BCUT2D eigenvalue weighted by molar-refractivity contribution is 0.0218. The highest BCUT2D eigenvalue weighted by atomic mass is 17.0. The molecule has 4 nitrogen and oxygen atoms in total. The second kappa shape index (κ2) is 1.14. The standard InChI is InChI=1S/C3H2O4/c4-2-1-3(5)7-6-2/h1,4H. The Balaban J connectivity index is 3.30. The summed E-state index contributed by atoms with van der Waals surface area (Å²) in [5.41, 5.74) is -0.683. The maximum Gasteiger partial charge on any atom is 0.386 e. The van der Waals surface area contributed by atoms with Crippen LogP contribution in [0.3, 0.4) is 0 Å². The van der Waals surface area contributed by atoms with E-state index >= 15 is 0 Å².